The molecule has 2 rings (SSSR count). The number of aryl methyl sites for hydroxylation is 1. The van der Waals surface area contributed by atoms with Crippen molar-refractivity contribution in [3.63, 3.8) is 0 Å². The molecule has 0 radical (unpaired) electrons. The average Bonchev–Trinajstić information content (AvgIpc) is 2.34. The normalized spacial score (nSPS) is 10.7. The quantitative estimate of drug-likeness (QED) is 0.815. The topological polar surface area (TPSA) is 37.3 Å². The molecule has 0 heterocycles. The molecule has 0 aliphatic heterocycles. The summed E-state index contributed by atoms with van der Waals surface area (Å²) in [5.74, 6) is -1.01. The minimum absolute atomic E-state index is 0.174. The molecule has 2 aromatic rings. The van der Waals surface area contributed by atoms with Crippen LogP contribution in [0, 0.1) is 5.82 Å². The van der Waals surface area contributed by atoms with Crippen molar-refractivity contribution >= 4 is 16.7 Å². The molecular formula is C15H15FO2. The maximum atomic E-state index is 13.4. The zero-order valence-corrected chi connectivity index (χ0v) is 10.0. The van der Waals surface area contributed by atoms with E-state index in [1.807, 2.05) is 24.3 Å². The number of hydrogen-bond acceptors (Lipinski definition) is 1. The maximum absolute atomic E-state index is 13.4. The fraction of sp³-hybridized carbons (Fsp3) is 0.267. The van der Waals surface area contributed by atoms with Crippen LogP contribution in [0.2, 0.25) is 0 Å². The maximum Gasteiger partial charge on any atom is 0.303 e. The van der Waals surface area contributed by atoms with Gasteiger partial charge in [0.2, 0.25) is 0 Å². The van der Waals surface area contributed by atoms with Crippen molar-refractivity contribution in [3.8, 4) is 0 Å². The summed E-state index contributed by atoms with van der Waals surface area (Å²) < 4.78 is 13.4. The molecule has 0 aromatic heterocycles. The third kappa shape index (κ3) is 3.06. The lowest BCUT2D eigenvalue weighted by atomic mass is 9.99. The van der Waals surface area contributed by atoms with E-state index in [1.54, 1.807) is 6.07 Å². The molecule has 18 heavy (non-hydrogen) atoms. The fourth-order valence-electron chi connectivity index (χ4n) is 2.15. The molecule has 0 spiro atoms. The van der Waals surface area contributed by atoms with Crippen molar-refractivity contribution in [2.45, 2.75) is 25.7 Å². The summed E-state index contributed by atoms with van der Waals surface area (Å²) in [6.45, 7) is 0. The van der Waals surface area contributed by atoms with Gasteiger partial charge in [-0.25, -0.2) is 4.39 Å². The van der Waals surface area contributed by atoms with Gasteiger partial charge in [0.25, 0.3) is 0 Å². The zero-order chi connectivity index (χ0) is 13.0. The van der Waals surface area contributed by atoms with E-state index in [-0.39, 0.29) is 12.2 Å². The lowest BCUT2D eigenvalue weighted by Crippen LogP contribution is -1.95. The van der Waals surface area contributed by atoms with Crippen LogP contribution >= 0.6 is 0 Å². The minimum atomic E-state index is -0.779. The third-order valence-corrected chi connectivity index (χ3v) is 3.00. The van der Waals surface area contributed by atoms with Crippen molar-refractivity contribution in [2.75, 3.05) is 0 Å². The third-order valence-electron chi connectivity index (χ3n) is 3.00. The van der Waals surface area contributed by atoms with Crippen LogP contribution in [0.4, 0.5) is 4.39 Å². The molecule has 0 unspecified atom stereocenters. The second kappa shape index (κ2) is 5.63. The molecule has 2 nitrogen and oxygen atoms in total. The average molecular weight is 246 g/mol. The molecule has 3 heteroatoms. The minimum Gasteiger partial charge on any atom is -0.481 e. The second-order valence-corrected chi connectivity index (χ2v) is 4.39. The molecule has 0 saturated carbocycles. The lowest BCUT2D eigenvalue weighted by Gasteiger charge is -2.06. The second-order valence-electron chi connectivity index (χ2n) is 4.39. The highest BCUT2D eigenvalue weighted by atomic mass is 19.1. The van der Waals surface area contributed by atoms with Crippen LogP contribution in [0.1, 0.15) is 24.8 Å². The largest absolute Gasteiger partial charge is 0.481 e. The van der Waals surface area contributed by atoms with E-state index in [4.69, 9.17) is 5.11 Å². The van der Waals surface area contributed by atoms with E-state index in [9.17, 15) is 9.18 Å². The smallest absolute Gasteiger partial charge is 0.303 e. The number of hydrogen-bond donors (Lipinski definition) is 1. The van der Waals surface area contributed by atoms with Crippen molar-refractivity contribution in [1.29, 1.82) is 0 Å². The van der Waals surface area contributed by atoms with Gasteiger partial charge in [0, 0.05) is 6.42 Å². The van der Waals surface area contributed by atoms with Crippen LogP contribution in [0.25, 0.3) is 10.8 Å². The van der Waals surface area contributed by atoms with Crippen molar-refractivity contribution in [2.24, 2.45) is 0 Å². The first-order chi connectivity index (χ1) is 8.66. The lowest BCUT2D eigenvalue weighted by molar-refractivity contribution is -0.137. The number of carbonyl (C=O) groups is 1. The fourth-order valence-corrected chi connectivity index (χ4v) is 2.15. The molecule has 0 saturated heterocycles. The Morgan fingerprint density at radius 3 is 2.72 bits per heavy atom. The van der Waals surface area contributed by atoms with Crippen LogP contribution in [-0.2, 0) is 11.2 Å². The van der Waals surface area contributed by atoms with Gasteiger partial charge in [-0.2, -0.15) is 0 Å². The first-order valence-corrected chi connectivity index (χ1v) is 6.06. The SMILES string of the molecule is O=C(O)CCCCc1cc(F)cc2ccccc12. The standard InChI is InChI=1S/C15H15FO2/c16-13-9-11-5-1-3-7-14(11)12(10-13)6-2-4-8-15(17)18/h1,3,5,7,9-10H,2,4,6,8H2,(H,17,18). The summed E-state index contributed by atoms with van der Waals surface area (Å²) in [4.78, 5) is 10.4. The predicted octanol–water partition coefficient (Wildman–Crippen LogP) is 3.78. The first-order valence-electron chi connectivity index (χ1n) is 6.06. The van der Waals surface area contributed by atoms with Gasteiger partial charge in [-0.05, 0) is 47.7 Å². The molecule has 0 aliphatic rings. The van der Waals surface area contributed by atoms with E-state index in [0.717, 1.165) is 22.8 Å². The molecule has 0 amide bonds. The summed E-state index contributed by atoms with van der Waals surface area (Å²) in [6.07, 6.45) is 2.28. The number of unbranched alkanes of at least 4 members (excludes halogenated alkanes) is 1. The Morgan fingerprint density at radius 1 is 1.17 bits per heavy atom. The molecule has 1 N–H and O–H groups in total. The van der Waals surface area contributed by atoms with Crippen LogP contribution in [0.15, 0.2) is 36.4 Å². The van der Waals surface area contributed by atoms with E-state index in [1.165, 1.54) is 6.07 Å². The summed E-state index contributed by atoms with van der Waals surface area (Å²) in [7, 11) is 0. The number of carboxylic acid groups (broad SMARTS) is 1. The Morgan fingerprint density at radius 2 is 1.94 bits per heavy atom. The predicted molar refractivity (Wildman–Crippen MR) is 69.1 cm³/mol. The van der Waals surface area contributed by atoms with Crippen molar-refractivity contribution < 1.29 is 14.3 Å². The Balaban J connectivity index is 2.14. The van der Waals surface area contributed by atoms with Crippen LogP contribution < -0.4 is 0 Å². The van der Waals surface area contributed by atoms with Crippen LogP contribution in [0.5, 0.6) is 0 Å². The molecule has 0 atom stereocenters. The van der Waals surface area contributed by atoms with Crippen LogP contribution in [0.3, 0.4) is 0 Å². The molecule has 0 aliphatic carbocycles. The molecule has 0 bridgehead atoms. The number of aliphatic carboxylic acids is 1. The summed E-state index contributed by atoms with van der Waals surface area (Å²) >= 11 is 0. The molecule has 0 fully saturated rings. The number of benzene rings is 2. The Bertz CT molecular complexity index is 563. The van der Waals surface area contributed by atoms with Crippen molar-refractivity contribution in [3.05, 3.63) is 47.8 Å². The van der Waals surface area contributed by atoms with Gasteiger partial charge < -0.3 is 5.11 Å². The van der Waals surface area contributed by atoms with E-state index in [2.05, 4.69) is 0 Å². The number of fused-ring (bicyclic) bond motifs is 1. The van der Waals surface area contributed by atoms with Gasteiger partial charge in [0.05, 0.1) is 0 Å². The van der Waals surface area contributed by atoms with Gasteiger partial charge in [-0.15, -0.1) is 0 Å². The molecular weight excluding hydrogens is 231 g/mol. The summed E-state index contributed by atoms with van der Waals surface area (Å²) in [6, 6.07) is 10.7. The summed E-state index contributed by atoms with van der Waals surface area (Å²) in [5.41, 5.74) is 0.955. The van der Waals surface area contributed by atoms with Gasteiger partial charge in [0.1, 0.15) is 5.82 Å². The number of halogens is 1. The Kier molecular flexibility index (Phi) is 3.92. The van der Waals surface area contributed by atoms with Gasteiger partial charge in [-0.1, -0.05) is 24.3 Å². The van der Waals surface area contributed by atoms with E-state index < -0.39 is 5.97 Å². The van der Waals surface area contributed by atoms with Gasteiger partial charge in [-0.3, -0.25) is 4.79 Å². The Labute approximate surface area is 105 Å². The van der Waals surface area contributed by atoms with E-state index >= 15 is 0 Å². The highest BCUT2D eigenvalue weighted by molar-refractivity contribution is 5.85. The number of rotatable bonds is 5. The van der Waals surface area contributed by atoms with Gasteiger partial charge in [0.15, 0.2) is 0 Å². The first kappa shape index (κ1) is 12.6. The van der Waals surface area contributed by atoms with Crippen molar-refractivity contribution in [1.82, 2.24) is 0 Å². The van der Waals surface area contributed by atoms with E-state index in [0.29, 0.717) is 12.8 Å². The zero-order valence-electron chi connectivity index (χ0n) is 10.0. The van der Waals surface area contributed by atoms with Gasteiger partial charge >= 0.3 is 5.97 Å². The highest BCUT2D eigenvalue weighted by Crippen LogP contribution is 2.22. The summed E-state index contributed by atoms with van der Waals surface area (Å²) in [5, 5.41) is 10.5. The Hall–Kier alpha value is -1.90. The molecule has 94 valence electrons. The highest BCUT2D eigenvalue weighted by Gasteiger charge is 2.04. The number of carboxylic acids is 1. The monoisotopic (exact) mass is 246 g/mol. The molecule has 2 aromatic carbocycles. The van der Waals surface area contributed by atoms with Crippen LogP contribution in [-0.4, -0.2) is 11.1 Å².